The largest absolute Gasteiger partial charge is 0.490 e. The molecule has 2 rings (SSSR count). The van der Waals surface area contributed by atoms with Crippen molar-refractivity contribution in [1.29, 1.82) is 0 Å². The fourth-order valence-corrected chi connectivity index (χ4v) is 2.32. The minimum Gasteiger partial charge on any atom is -0.490 e. The molecule has 0 spiro atoms. The molecule has 0 bridgehead atoms. The molecule has 0 saturated carbocycles. The summed E-state index contributed by atoms with van der Waals surface area (Å²) in [6.07, 6.45) is -2.64. The second kappa shape index (κ2) is 6.48. The summed E-state index contributed by atoms with van der Waals surface area (Å²) < 4.78 is 42.3. The van der Waals surface area contributed by atoms with Crippen LogP contribution in [0.4, 0.5) is 13.2 Å². The van der Waals surface area contributed by atoms with E-state index in [9.17, 15) is 13.2 Å². The van der Waals surface area contributed by atoms with Crippen molar-refractivity contribution in [3.05, 3.63) is 29.8 Å². The first-order valence-corrected chi connectivity index (χ1v) is 6.93. The van der Waals surface area contributed by atoms with Crippen LogP contribution in [0.2, 0.25) is 0 Å². The van der Waals surface area contributed by atoms with E-state index >= 15 is 0 Å². The van der Waals surface area contributed by atoms with Gasteiger partial charge >= 0.3 is 6.18 Å². The predicted octanol–water partition coefficient (Wildman–Crippen LogP) is 3.65. The molecule has 1 saturated heterocycles. The standard InChI is InChI=1S/C15H20F3NO/c1-19-10-7-14(8-11-19)20-13-4-2-12(3-5-13)6-9-15(16,17)18/h2-5,14H,6-11H2,1H3. The number of piperidine rings is 1. The number of ether oxygens (including phenoxy) is 1. The van der Waals surface area contributed by atoms with Crippen LogP contribution in [0.3, 0.4) is 0 Å². The van der Waals surface area contributed by atoms with Gasteiger partial charge in [-0.15, -0.1) is 0 Å². The van der Waals surface area contributed by atoms with Crippen LogP contribution in [0.25, 0.3) is 0 Å². The molecule has 20 heavy (non-hydrogen) atoms. The van der Waals surface area contributed by atoms with Crippen molar-refractivity contribution in [3.63, 3.8) is 0 Å². The molecular weight excluding hydrogens is 267 g/mol. The lowest BCUT2D eigenvalue weighted by Gasteiger charge is -2.29. The van der Waals surface area contributed by atoms with E-state index < -0.39 is 12.6 Å². The molecule has 1 heterocycles. The molecule has 0 amide bonds. The number of likely N-dealkylation sites (tertiary alicyclic amines) is 1. The van der Waals surface area contributed by atoms with Crippen LogP contribution in [0, 0.1) is 0 Å². The van der Waals surface area contributed by atoms with E-state index in [1.54, 1.807) is 24.3 Å². The van der Waals surface area contributed by atoms with Crippen molar-refractivity contribution in [3.8, 4) is 5.75 Å². The molecule has 1 aliphatic heterocycles. The molecular formula is C15H20F3NO. The highest BCUT2D eigenvalue weighted by molar-refractivity contribution is 5.27. The normalized spacial score (nSPS) is 18.2. The number of hydrogen-bond acceptors (Lipinski definition) is 2. The molecule has 0 unspecified atom stereocenters. The molecule has 0 N–H and O–H groups in total. The van der Waals surface area contributed by atoms with E-state index in [4.69, 9.17) is 4.74 Å². The van der Waals surface area contributed by atoms with Gasteiger partial charge in [-0.3, -0.25) is 0 Å². The third-order valence-electron chi connectivity index (χ3n) is 3.59. The molecule has 5 heteroatoms. The van der Waals surface area contributed by atoms with Crippen molar-refractivity contribution in [2.45, 2.75) is 38.0 Å². The smallest absolute Gasteiger partial charge is 0.389 e. The maximum atomic E-state index is 12.1. The van der Waals surface area contributed by atoms with E-state index in [0.717, 1.165) is 31.7 Å². The minimum absolute atomic E-state index is 0.0258. The van der Waals surface area contributed by atoms with Crippen LogP contribution in [-0.4, -0.2) is 37.3 Å². The van der Waals surface area contributed by atoms with Gasteiger partial charge in [0, 0.05) is 19.5 Å². The van der Waals surface area contributed by atoms with Crippen molar-refractivity contribution in [2.24, 2.45) is 0 Å². The Morgan fingerprint density at radius 2 is 1.75 bits per heavy atom. The topological polar surface area (TPSA) is 12.5 Å². The van der Waals surface area contributed by atoms with E-state index in [0.29, 0.717) is 5.56 Å². The molecule has 0 atom stereocenters. The lowest BCUT2D eigenvalue weighted by Crippen LogP contribution is -2.35. The molecule has 1 fully saturated rings. The molecule has 112 valence electrons. The highest BCUT2D eigenvalue weighted by Gasteiger charge is 2.26. The second-order valence-corrected chi connectivity index (χ2v) is 5.38. The summed E-state index contributed by atoms with van der Waals surface area (Å²) in [4.78, 5) is 2.26. The van der Waals surface area contributed by atoms with Crippen LogP contribution in [0.5, 0.6) is 5.75 Å². The number of halogens is 3. The molecule has 0 aromatic heterocycles. The van der Waals surface area contributed by atoms with Crippen LogP contribution in [0.15, 0.2) is 24.3 Å². The number of alkyl halides is 3. The molecule has 2 nitrogen and oxygen atoms in total. The zero-order chi connectivity index (χ0) is 14.6. The highest BCUT2D eigenvalue weighted by atomic mass is 19.4. The fourth-order valence-electron chi connectivity index (χ4n) is 2.32. The van der Waals surface area contributed by atoms with Crippen molar-refractivity contribution >= 4 is 0 Å². The number of rotatable bonds is 4. The average molecular weight is 287 g/mol. The molecule has 0 radical (unpaired) electrons. The van der Waals surface area contributed by atoms with Crippen molar-refractivity contribution < 1.29 is 17.9 Å². The zero-order valence-corrected chi connectivity index (χ0v) is 11.6. The Kier molecular flexibility index (Phi) is 4.91. The van der Waals surface area contributed by atoms with E-state index in [-0.39, 0.29) is 12.5 Å². The Balaban J connectivity index is 1.82. The zero-order valence-electron chi connectivity index (χ0n) is 11.6. The van der Waals surface area contributed by atoms with Crippen molar-refractivity contribution in [2.75, 3.05) is 20.1 Å². The number of hydrogen-bond donors (Lipinski definition) is 0. The first kappa shape index (κ1) is 15.2. The Bertz CT molecular complexity index is 408. The fraction of sp³-hybridized carbons (Fsp3) is 0.600. The summed E-state index contributed by atoms with van der Waals surface area (Å²) in [6, 6.07) is 6.97. The van der Waals surface area contributed by atoms with E-state index in [1.165, 1.54) is 0 Å². The summed E-state index contributed by atoms with van der Waals surface area (Å²) in [5.41, 5.74) is 0.693. The van der Waals surface area contributed by atoms with Crippen LogP contribution < -0.4 is 4.74 Å². The van der Waals surface area contributed by atoms with Crippen LogP contribution in [0.1, 0.15) is 24.8 Å². The second-order valence-electron chi connectivity index (χ2n) is 5.38. The minimum atomic E-state index is -4.09. The lowest BCUT2D eigenvalue weighted by atomic mass is 10.1. The monoisotopic (exact) mass is 287 g/mol. The van der Waals surface area contributed by atoms with Gasteiger partial charge in [-0.05, 0) is 44.0 Å². The van der Waals surface area contributed by atoms with E-state index in [2.05, 4.69) is 11.9 Å². The summed E-state index contributed by atoms with van der Waals surface area (Å²) in [5, 5.41) is 0. The van der Waals surface area contributed by atoms with Crippen LogP contribution in [-0.2, 0) is 6.42 Å². The molecule has 0 aliphatic carbocycles. The third-order valence-corrected chi connectivity index (χ3v) is 3.59. The number of benzene rings is 1. The SMILES string of the molecule is CN1CCC(Oc2ccc(CCC(F)(F)F)cc2)CC1. The molecule has 1 aromatic rings. The maximum Gasteiger partial charge on any atom is 0.389 e. The van der Waals surface area contributed by atoms with Gasteiger partial charge < -0.3 is 9.64 Å². The average Bonchev–Trinajstić information content (AvgIpc) is 2.40. The first-order chi connectivity index (χ1) is 9.42. The van der Waals surface area contributed by atoms with Gasteiger partial charge in [0.15, 0.2) is 0 Å². The lowest BCUT2D eigenvalue weighted by molar-refractivity contribution is -0.133. The predicted molar refractivity (Wildman–Crippen MR) is 72.0 cm³/mol. The van der Waals surface area contributed by atoms with Crippen molar-refractivity contribution in [1.82, 2.24) is 4.90 Å². The third kappa shape index (κ3) is 5.04. The van der Waals surface area contributed by atoms with Gasteiger partial charge in [0.05, 0.1) is 0 Å². The van der Waals surface area contributed by atoms with Gasteiger partial charge in [-0.25, -0.2) is 0 Å². The summed E-state index contributed by atoms with van der Waals surface area (Å²) in [6.45, 7) is 2.04. The Morgan fingerprint density at radius 1 is 1.15 bits per heavy atom. The van der Waals surface area contributed by atoms with Gasteiger partial charge in [-0.1, -0.05) is 12.1 Å². The summed E-state index contributed by atoms with van der Waals surface area (Å²) >= 11 is 0. The van der Waals surface area contributed by atoms with Crippen LogP contribution >= 0.6 is 0 Å². The van der Waals surface area contributed by atoms with E-state index in [1.807, 2.05) is 0 Å². The quantitative estimate of drug-likeness (QED) is 0.838. The Morgan fingerprint density at radius 3 is 2.30 bits per heavy atom. The van der Waals surface area contributed by atoms with Gasteiger partial charge in [-0.2, -0.15) is 13.2 Å². The summed E-state index contributed by atoms with van der Waals surface area (Å²) in [7, 11) is 2.09. The Labute approximate surface area is 117 Å². The summed E-state index contributed by atoms with van der Waals surface area (Å²) in [5.74, 6) is 0.746. The first-order valence-electron chi connectivity index (χ1n) is 6.93. The van der Waals surface area contributed by atoms with Gasteiger partial charge in [0.1, 0.15) is 11.9 Å². The highest BCUT2D eigenvalue weighted by Crippen LogP contribution is 2.24. The molecule has 1 aromatic carbocycles. The maximum absolute atomic E-state index is 12.1. The van der Waals surface area contributed by atoms with Gasteiger partial charge in [0.25, 0.3) is 0 Å². The van der Waals surface area contributed by atoms with Gasteiger partial charge in [0.2, 0.25) is 0 Å². The Hall–Kier alpha value is -1.23. The molecule has 1 aliphatic rings. The number of nitrogens with zero attached hydrogens (tertiary/aromatic N) is 1. The number of aryl methyl sites for hydroxylation is 1.